The van der Waals surface area contributed by atoms with Crippen LogP contribution in [0.3, 0.4) is 0 Å². The monoisotopic (exact) mass is 318 g/mol. The summed E-state index contributed by atoms with van der Waals surface area (Å²) in [4.78, 5) is 0.541. The first-order valence-corrected chi connectivity index (χ1v) is 7.76. The van der Waals surface area contributed by atoms with E-state index < -0.39 is 10.8 Å². The van der Waals surface area contributed by atoms with Gasteiger partial charge in [-0.05, 0) is 29.8 Å². The number of hydrogen-bond donors (Lipinski definition) is 0. The first-order chi connectivity index (χ1) is 8.49. The minimum atomic E-state index is -1.16. The van der Waals surface area contributed by atoms with Gasteiger partial charge in [0.25, 0.3) is 0 Å². The second-order valence-corrected chi connectivity index (χ2v) is 6.32. The van der Waals surface area contributed by atoms with Gasteiger partial charge in [0.05, 0.1) is 20.7 Å². The molecule has 0 bridgehead atoms. The molecule has 0 aliphatic heterocycles. The van der Waals surface area contributed by atoms with Crippen LogP contribution >= 0.6 is 34.8 Å². The summed E-state index contributed by atoms with van der Waals surface area (Å²) in [7, 11) is -1.16. The molecule has 0 saturated carbocycles. The summed E-state index contributed by atoms with van der Waals surface area (Å²) in [5.74, 6) is 0. The highest BCUT2D eigenvalue weighted by atomic mass is 35.5. The first kappa shape index (κ1) is 13.9. The molecule has 0 aliphatic carbocycles. The minimum Gasteiger partial charge on any atom is -0.255 e. The highest BCUT2D eigenvalue weighted by Gasteiger charge is 2.11. The Bertz CT molecular complexity index is 608. The van der Waals surface area contributed by atoms with Gasteiger partial charge < -0.3 is 0 Å². The zero-order valence-corrected chi connectivity index (χ0v) is 12.5. The van der Waals surface area contributed by atoms with Gasteiger partial charge in [-0.15, -0.1) is 0 Å². The molecule has 0 aliphatic rings. The summed E-state index contributed by atoms with van der Waals surface area (Å²) >= 11 is 18.1. The van der Waals surface area contributed by atoms with Crippen LogP contribution in [0.4, 0.5) is 0 Å². The Morgan fingerprint density at radius 2 is 1.56 bits per heavy atom. The van der Waals surface area contributed by atoms with Crippen molar-refractivity contribution in [3.63, 3.8) is 0 Å². The molecule has 0 radical (unpaired) electrons. The maximum Gasteiger partial charge on any atom is 0.0586 e. The van der Waals surface area contributed by atoms with Gasteiger partial charge in [-0.3, -0.25) is 4.21 Å². The predicted octanol–water partition coefficient (Wildman–Crippen LogP) is 5.05. The topological polar surface area (TPSA) is 17.1 Å². The molecule has 0 spiro atoms. The molecular weight excluding hydrogens is 311 g/mol. The molecule has 18 heavy (non-hydrogen) atoms. The molecule has 0 amide bonds. The van der Waals surface area contributed by atoms with Crippen LogP contribution in [-0.4, -0.2) is 10.5 Å². The Labute approximate surface area is 123 Å². The average molecular weight is 320 g/mol. The van der Waals surface area contributed by atoms with Crippen molar-refractivity contribution in [3.05, 3.63) is 51.5 Å². The Kier molecular flexibility index (Phi) is 4.33. The van der Waals surface area contributed by atoms with Crippen LogP contribution in [0.5, 0.6) is 0 Å². The van der Waals surface area contributed by atoms with E-state index in [0.717, 1.165) is 11.1 Å². The van der Waals surface area contributed by atoms with Crippen LogP contribution in [0.15, 0.2) is 41.3 Å². The van der Waals surface area contributed by atoms with E-state index in [0.29, 0.717) is 20.0 Å². The molecular formula is C13H9Cl3OS. The maximum absolute atomic E-state index is 11.5. The molecule has 0 saturated heterocycles. The Morgan fingerprint density at radius 3 is 2.11 bits per heavy atom. The third-order valence-corrected chi connectivity index (χ3v) is 4.43. The molecule has 1 unspecified atom stereocenters. The fourth-order valence-electron chi connectivity index (χ4n) is 1.60. The van der Waals surface area contributed by atoms with Gasteiger partial charge in [0.15, 0.2) is 0 Å². The molecule has 1 nitrogen and oxygen atoms in total. The van der Waals surface area contributed by atoms with Crippen LogP contribution in [0.1, 0.15) is 0 Å². The third kappa shape index (κ3) is 2.89. The second-order valence-electron chi connectivity index (χ2n) is 3.72. The van der Waals surface area contributed by atoms with Crippen LogP contribution in [0, 0.1) is 0 Å². The van der Waals surface area contributed by atoms with E-state index in [4.69, 9.17) is 34.8 Å². The maximum atomic E-state index is 11.5. The standard InChI is InChI=1S/C13H9Cl3OS/c1-18(17)13-7-11(15)10(6-12(13)16)8-2-4-9(14)5-3-8/h2-7H,1H3. The molecule has 2 aromatic rings. The van der Waals surface area contributed by atoms with Gasteiger partial charge in [0.1, 0.15) is 0 Å². The largest absolute Gasteiger partial charge is 0.255 e. The summed E-state index contributed by atoms with van der Waals surface area (Å²) in [5, 5.41) is 1.63. The molecule has 2 rings (SSSR count). The van der Waals surface area contributed by atoms with Gasteiger partial charge in [0, 0.05) is 21.9 Å². The van der Waals surface area contributed by atoms with Crippen LogP contribution in [-0.2, 0) is 10.8 Å². The second kappa shape index (κ2) is 5.62. The molecule has 0 N–H and O–H groups in total. The Morgan fingerprint density at radius 1 is 0.944 bits per heavy atom. The van der Waals surface area contributed by atoms with Crippen LogP contribution in [0.2, 0.25) is 15.1 Å². The van der Waals surface area contributed by atoms with Crippen molar-refractivity contribution >= 4 is 45.6 Å². The van der Waals surface area contributed by atoms with E-state index in [1.54, 1.807) is 30.5 Å². The van der Waals surface area contributed by atoms with E-state index >= 15 is 0 Å². The summed E-state index contributed by atoms with van der Waals surface area (Å²) in [6.07, 6.45) is 1.57. The van der Waals surface area contributed by atoms with Crippen molar-refractivity contribution in [2.45, 2.75) is 4.90 Å². The van der Waals surface area contributed by atoms with Crippen molar-refractivity contribution in [2.24, 2.45) is 0 Å². The molecule has 0 aromatic heterocycles. The van der Waals surface area contributed by atoms with Crippen molar-refractivity contribution in [1.29, 1.82) is 0 Å². The molecule has 0 heterocycles. The SMILES string of the molecule is CS(=O)c1cc(Cl)c(-c2ccc(Cl)cc2)cc1Cl. The first-order valence-electron chi connectivity index (χ1n) is 5.07. The molecule has 2 aromatic carbocycles. The zero-order chi connectivity index (χ0) is 13.3. The lowest BCUT2D eigenvalue weighted by Crippen LogP contribution is -1.90. The lowest BCUT2D eigenvalue weighted by molar-refractivity contribution is 0.687. The van der Waals surface area contributed by atoms with Gasteiger partial charge >= 0.3 is 0 Å². The summed E-state index contributed by atoms with van der Waals surface area (Å²) in [6.45, 7) is 0. The Hall–Kier alpha value is -0.540. The van der Waals surface area contributed by atoms with E-state index in [2.05, 4.69) is 0 Å². The minimum absolute atomic E-state index is 0.449. The summed E-state index contributed by atoms with van der Waals surface area (Å²) < 4.78 is 11.5. The summed E-state index contributed by atoms with van der Waals surface area (Å²) in [5.41, 5.74) is 1.72. The summed E-state index contributed by atoms with van der Waals surface area (Å²) in [6, 6.07) is 10.7. The van der Waals surface area contributed by atoms with Gasteiger partial charge in [0.2, 0.25) is 0 Å². The molecule has 1 atom stereocenters. The fourth-order valence-corrected chi connectivity index (χ4v) is 3.17. The van der Waals surface area contributed by atoms with Crippen LogP contribution in [0.25, 0.3) is 11.1 Å². The average Bonchev–Trinajstić information content (AvgIpc) is 2.32. The lowest BCUT2D eigenvalue weighted by Gasteiger charge is -2.08. The lowest BCUT2D eigenvalue weighted by atomic mass is 10.1. The van der Waals surface area contributed by atoms with Gasteiger partial charge in [-0.25, -0.2) is 0 Å². The number of benzene rings is 2. The zero-order valence-electron chi connectivity index (χ0n) is 9.41. The quantitative estimate of drug-likeness (QED) is 0.757. The molecule has 5 heteroatoms. The third-order valence-electron chi connectivity index (χ3n) is 2.49. The fraction of sp³-hybridized carbons (Fsp3) is 0.0769. The number of rotatable bonds is 2. The van der Waals surface area contributed by atoms with Crippen molar-refractivity contribution in [3.8, 4) is 11.1 Å². The molecule has 0 fully saturated rings. The van der Waals surface area contributed by atoms with E-state index in [-0.39, 0.29) is 0 Å². The van der Waals surface area contributed by atoms with Crippen LogP contribution < -0.4 is 0 Å². The number of hydrogen-bond acceptors (Lipinski definition) is 1. The van der Waals surface area contributed by atoms with Crippen molar-refractivity contribution < 1.29 is 4.21 Å². The predicted molar refractivity (Wildman–Crippen MR) is 79.2 cm³/mol. The van der Waals surface area contributed by atoms with Crippen molar-refractivity contribution in [2.75, 3.05) is 6.26 Å². The van der Waals surface area contributed by atoms with E-state index in [1.165, 1.54) is 0 Å². The van der Waals surface area contributed by atoms with Gasteiger partial charge in [-0.1, -0.05) is 46.9 Å². The van der Waals surface area contributed by atoms with Gasteiger partial charge in [-0.2, -0.15) is 0 Å². The smallest absolute Gasteiger partial charge is 0.0586 e. The molecule has 94 valence electrons. The highest BCUT2D eigenvalue weighted by molar-refractivity contribution is 7.84. The van der Waals surface area contributed by atoms with E-state index in [9.17, 15) is 4.21 Å². The van der Waals surface area contributed by atoms with Crippen molar-refractivity contribution in [1.82, 2.24) is 0 Å². The highest BCUT2D eigenvalue weighted by Crippen LogP contribution is 2.34. The Balaban J connectivity index is 2.56. The normalized spacial score (nSPS) is 12.4. The number of halogens is 3. The van der Waals surface area contributed by atoms with E-state index in [1.807, 2.05) is 12.1 Å².